The van der Waals surface area contributed by atoms with Gasteiger partial charge in [-0.05, 0) is 81.3 Å². The van der Waals surface area contributed by atoms with Gasteiger partial charge in [0.2, 0.25) is 0 Å². The van der Waals surface area contributed by atoms with Gasteiger partial charge in [0.1, 0.15) is 0 Å². The highest BCUT2D eigenvalue weighted by Crippen LogP contribution is 2.38. The standard InChI is InChI=1S/C10H14.2C6H12O/c1-2-8-4-3-5-9-6-7-10(8)9;2*1-2-6-4-3-5-7-6/h6-8H,2-5H2,1H3;2*6H,2-5H2,1H3. The van der Waals surface area contributed by atoms with Crippen molar-refractivity contribution in [3.05, 3.63) is 23.3 Å². The van der Waals surface area contributed by atoms with Crippen molar-refractivity contribution in [3.8, 4) is 0 Å². The number of ether oxygens (including phenoxy) is 2. The zero-order valence-electron chi connectivity index (χ0n) is 16.2. The van der Waals surface area contributed by atoms with Crippen LogP contribution in [0.5, 0.6) is 0 Å². The Balaban J connectivity index is 0.000000134. The monoisotopic (exact) mass is 334 g/mol. The van der Waals surface area contributed by atoms with Gasteiger partial charge in [-0.1, -0.05) is 32.9 Å². The van der Waals surface area contributed by atoms with Crippen molar-refractivity contribution < 1.29 is 9.47 Å². The molecule has 138 valence electrons. The molecule has 0 aromatic heterocycles. The topological polar surface area (TPSA) is 18.5 Å². The van der Waals surface area contributed by atoms with Crippen LogP contribution in [0, 0.1) is 5.92 Å². The fourth-order valence-corrected chi connectivity index (χ4v) is 3.97. The molecule has 0 radical (unpaired) electrons. The van der Waals surface area contributed by atoms with Crippen molar-refractivity contribution in [2.45, 2.75) is 97.2 Å². The highest BCUT2D eigenvalue weighted by Gasteiger charge is 2.22. The average Bonchev–Trinajstić information content (AvgIpc) is 3.30. The summed E-state index contributed by atoms with van der Waals surface area (Å²) in [6.07, 6.45) is 18.8. The Morgan fingerprint density at radius 1 is 0.792 bits per heavy atom. The van der Waals surface area contributed by atoms with Crippen LogP contribution in [0.4, 0.5) is 0 Å². The molecule has 0 aromatic rings. The maximum atomic E-state index is 5.30. The lowest BCUT2D eigenvalue weighted by Crippen LogP contribution is -2.13. The maximum absolute atomic E-state index is 5.30. The Morgan fingerprint density at radius 2 is 1.42 bits per heavy atom. The van der Waals surface area contributed by atoms with Gasteiger partial charge < -0.3 is 9.47 Å². The van der Waals surface area contributed by atoms with E-state index in [2.05, 4.69) is 32.9 Å². The molecular weight excluding hydrogens is 296 g/mol. The lowest BCUT2D eigenvalue weighted by Gasteiger charge is -2.29. The molecule has 0 spiro atoms. The van der Waals surface area contributed by atoms with Crippen LogP contribution in [0.25, 0.3) is 0 Å². The Bertz CT molecular complexity index is 382. The SMILES string of the molecule is CCC1CCCC2=C1C=C2.CCC1CCCO1.CCC1CCCO1. The van der Waals surface area contributed by atoms with E-state index in [9.17, 15) is 0 Å². The normalized spacial score (nSPS) is 30.7. The summed E-state index contributed by atoms with van der Waals surface area (Å²) in [4.78, 5) is 0. The summed E-state index contributed by atoms with van der Waals surface area (Å²) in [7, 11) is 0. The molecule has 2 heterocycles. The van der Waals surface area contributed by atoms with Crippen molar-refractivity contribution in [2.75, 3.05) is 13.2 Å². The maximum Gasteiger partial charge on any atom is 0.0573 e. The average molecular weight is 335 g/mol. The van der Waals surface area contributed by atoms with E-state index in [0.717, 1.165) is 19.1 Å². The predicted octanol–water partition coefficient (Wildman–Crippen LogP) is 6.21. The molecule has 2 heteroatoms. The lowest BCUT2D eigenvalue weighted by atomic mass is 9.76. The largest absolute Gasteiger partial charge is 0.378 e. The van der Waals surface area contributed by atoms with Crippen LogP contribution in [-0.4, -0.2) is 25.4 Å². The van der Waals surface area contributed by atoms with E-state index in [4.69, 9.17) is 9.47 Å². The van der Waals surface area contributed by atoms with Gasteiger partial charge in [0.25, 0.3) is 0 Å². The molecular formula is C22H38O2. The van der Waals surface area contributed by atoms with E-state index in [1.807, 2.05) is 0 Å². The predicted molar refractivity (Wildman–Crippen MR) is 102 cm³/mol. The molecule has 3 unspecified atom stereocenters. The van der Waals surface area contributed by atoms with Crippen LogP contribution >= 0.6 is 0 Å². The first-order valence-corrected chi connectivity index (χ1v) is 10.4. The fourth-order valence-electron chi connectivity index (χ4n) is 3.97. The Labute approximate surface area is 149 Å². The van der Waals surface area contributed by atoms with Crippen molar-refractivity contribution in [1.29, 1.82) is 0 Å². The van der Waals surface area contributed by atoms with Crippen molar-refractivity contribution in [1.82, 2.24) is 0 Å². The Morgan fingerprint density at radius 3 is 1.71 bits per heavy atom. The van der Waals surface area contributed by atoms with E-state index in [1.165, 1.54) is 64.2 Å². The fraction of sp³-hybridized carbons (Fsp3) is 0.818. The minimum atomic E-state index is 0.597. The first-order chi connectivity index (χ1) is 11.8. The van der Waals surface area contributed by atoms with Crippen LogP contribution in [-0.2, 0) is 9.47 Å². The minimum Gasteiger partial charge on any atom is -0.378 e. The molecule has 2 nitrogen and oxygen atoms in total. The summed E-state index contributed by atoms with van der Waals surface area (Å²) in [6.45, 7) is 8.65. The van der Waals surface area contributed by atoms with Crippen molar-refractivity contribution >= 4 is 0 Å². The molecule has 0 N–H and O–H groups in total. The smallest absolute Gasteiger partial charge is 0.0573 e. The molecule has 0 bridgehead atoms. The Hall–Kier alpha value is -0.600. The molecule has 2 aliphatic heterocycles. The van der Waals surface area contributed by atoms with E-state index >= 15 is 0 Å². The quantitative estimate of drug-likeness (QED) is 0.610. The van der Waals surface area contributed by atoms with Gasteiger partial charge in [0, 0.05) is 13.2 Å². The molecule has 3 atom stereocenters. The first kappa shape index (κ1) is 19.7. The van der Waals surface area contributed by atoms with Crippen LogP contribution in [0.1, 0.15) is 85.0 Å². The zero-order chi connectivity index (χ0) is 17.2. The molecule has 0 amide bonds. The van der Waals surface area contributed by atoms with E-state index in [0.29, 0.717) is 12.2 Å². The third-order valence-corrected chi connectivity index (χ3v) is 5.72. The van der Waals surface area contributed by atoms with Gasteiger partial charge in [-0.2, -0.15) is 0 Å². The third kappa shape index (κ3) is 6.04. The summed E-state index contributed by atoms with van der Waals surface area (Å²) in [5, 5.41) is 0. The highest BCUT2D eigenvalue weighted by atomic mass is 16.5. The van der Waals surface area contributed by atoms with Crippen molar-refractivity contribution in [3.63, 3.8) is 0 Å². The summed E-state index contributed by atoms with van der Waals surface area (Å²) >= 11 is 0. The van der Waals surface area contributed by atoms with Crippen LogP contribution in [0.15, 0.2) is 23.3 Å². The van der Waals surface area contributed by atoms with E-state index < -0.39 is 0 Å². The number of hydrogen-bond acceptors (Lipinski definition) is 2. The van der Waals surface area contributed by atoms with Gasteiger partial charge >= 0.3 is 0 Å². The van der Waals surface area contributed by atoms with Crippen LogP contribution in [0.3, 0.4) is 0 Å². The summed E-state index contributed by atoms with van der Waals surface area (Å²) in [5.41, 5.74) is 3.33. The molecule has 0 saturated carbocycles. The first-order valence-electron chi connectivity index (χ1n) is 10.4. The van der Waals surface area contributed by atoms with Gasteiger partial charge in [-0.3, -0.25) is 0 Å². The van der Waals surface area contributed by atoms with E-state index in [-0.39, 0.29) is 0 Å². The van der Waals surface area contributed by atoms with Gasteiger partial charge in [-0.15, -0.1) is 0 Å². The number of rotatable bonds is 3. The summed E-state index contributed by atoms with van der Waals surface area (Å²) in [6, 6.07) is 0. The third-order valence-electron chi connectivity index (χ3n) is 5.72. The molecule has 4 aliphatic rings. The summed E-state index contributed by atoms with van der Waals surface area (Å²) in [5.74, 6) is 0.911. The second-order valence-electron chi connectivity index (χ2n) is 7.40. The molecule has 2 saturated heterocycles. The molecule has 4 rings (SSSR count). The molecule has 2 aliphatic carbocycles. The second-order valence-corrected chi connectivity index (χ2v) is 7.40. The highest BCUT2D eigenvalue weighted by molar-refractivity contribution is 5.47. The molecule has 24 heavy (non-hydrogen) atoms. The Kier molecular flexibility index (Phi) is 9.12. The number of allylic oxidation sites excluding steroid dienone is 4. The van der Waals surface area contributed by atoms with Gasteiger partial charge in [0.15, 0.2) is 0 Å². The van der Waals surface area contributed by atoms with Crippen molar-refractivity contribution in [2.24, 2.45) is 5.92 Å². The lowest BCUT2D eigenvalue weighted by molar-refractivity contribution is 0.108. The zero-order valence-corrected chi connectivity index (χ0v) is 16.2. The minimum absolute atomic E-state index is 0.597. The van der Waals surface area contributed by atoms with Gasteiger partial charge in [-0.25, -0.2) is 0 Å². The van der Waals surface area contributed by atoms with E-state index in [1.54, 1.807) is 11.1 Å². The van der Waals surface area contributed by atoms with Crippen LogP contribution in [0.2, 0.25) is 0 Å². The summed E-state index contributed by atoms with van der Waals surface area (Å²) < 4.78 is 10.6. The second kappa shape index (κ2) is 11.1. The van der Waals surface area contributed by atoms with Gasteiger partial charge in [0.05, 0.1) is 12.2 Å². The number of hydrogen-bond donors (Lipinski definition) is 0. The molecule has 0 aromatic carbocycles. The van der Waals surface area contributed by atoms with Crippen LogP contribution < -0.4 is 0 Å². The molecule has 2 fully saturated rings.